The lowest BCUT2D eigenvalue weighted by atomic mass is 9.76. The average Bonchev–Trinajstić information content (AvgIpc) is 2.97. The summed E-state index contributed by atoms with van der Waals surface area (Å²) in [6.07, 6.45) is -9.59. The topological polar surface area (TPSA) is 297 Å². The molecule has 0 bridgehead atoms. The highest BCUT2D eigenvalue weighted by Gasteiger charge is 2.51. The van der Waals surface area contributed by atoms with Crippen molar-refractivity contribution in [2.75, 3.05) is 32.8 Å². The first-order chi connectivity index (χ1) is 19.6. The monoisotopic (exact) mass is 594 g/mol. The van der Waals surface area contributed by atoms with E-state index in [1.807, 2.05) is 0 Å². The first-order valence-electron chi connectivity index (χ1n) is 14.4. The number of ketones is 1. The van der Waals surface area contributed by atoms with Crippen molar-refractivity contribution < 1.29 is 49.3 Å². The van der Waals surface area contributed by atoms with Crippen molar-refractivity contribution in [1.82, 2.24) is 5.32 Å². The number of Topliss-reactive ketones (excluding diaryl/α,β-unsaturated/α-hetero) is 1. The van der Waals surface area contributed by atoms with Crippen LogP contribution in [0, 0.1) is 5.92 Å². The quantitative estimate of drug-likeness (QED) is 0.0835. The van der Waals surface area contributed by atoms with Gasteiger partial charge in [0.25, 0.3) is 0 Å². The second kappa shape index (κ2) is 16.2. The SMILES string of the molecule is NCCCN[C@@H]1CC[C@@H](CN)O[C@@H]1OC1[C@@H](N)C[C@@H](CC(=O)[C@@H](O)CN)[C@H](O[C@H]2O[C@H](CO)[C@@H](O)[C@H](N)[C@H]2O)[C@H]1O. The first-order valence-corrected chi connectivity index (χ1v) is 14.4. The Morgan fingerprint density at radius 3 is 2.32 bits per heavy atom. The molecule has 16 nitrogen and oxygen atoms in total. The van der Waals surface area contributed by atoms with Gasteiger partial charge >= 0.3 is 0 Å². The van der Waals surface area contributed by atoms with Crippen LogP contribution in [-0.4, -0.2) is 144 Å². The maximum Gasteiger partial charge on any atom is 0.186 e. The third kappa shape index (κ3) is 8.59. The van der Waals surface area contributed by atoms with Crippen LogP contribution in [0.3, 0.4) is 0 Å². The van der Waals surface area contributed by atoms with Crippen LogP contribution >= 0.6 is 0 Å². The van der Waals surface area contributed by atoms with E-state index in [0.717, 1.165) is 6.42 Å². The fraction of sp³-hybridized carbons (Fsp3) is 0.960. The van der Waals surface area contributed by atoms with E-state index in [1.165, 1.54) is 0 Å². The summed E-state index contributed by atoms with van der Waals surface area (Å²) in [5.41, 5.74) is 29.3. The highest BCUT2D eigenvalue weighted by atomic mass is 16.7. The maximum atomic E-state index is 12.6. The summed E-state index contributed by atoms with van der Waals surface area (Å²) >= 11 is 0. The van der Waals surface area contributed by atoms with Crippen molar-refractivity contribution in [2.24, 2.45) is 34.6 Å². The molecule has 1 saturated carbocycles. The van der Waals surface area contributed by atoms with Gasteiger partial charge in [-0.3, -0.25) is 4.79 Å². The van der Waals surface area contributed by atoms with Crippen molar-refractivity contribution in [3.63, 3.8) is 0 Å². The third-order valence-corrected chi connectivity index (χ3v) is 8.22. The molecule has 0 amide bonds. The van der Waals surface area contributed by atoms with Crippen LogP contribution in [0.25, 0.3) is 0 Å². The largest absolute Gasteiger partial charge is 0.394 e. The van der Waals surface area contributed by atoms with Gasteiger partial charge in [-0.25, -0.2) is 0 Å². The Balaban J connectivity index is 1.83. The normalized spacial score (nSPS) is 42.6. The number of aliphatic hydroxyl groups excluding tert-OH is 5. The molecule has 240 valence electrons. The van der Waals surface area contributed by atoms with Crippen molar-refractivity contribution in [2.45, 2.75) is 112 Å². The van der Waals surface area contributed by atoms with Gasteiger partial charge < -0.3 is 78.5 Å². The summed E-state index contributed by atoms with van der Waals surface area (Å²) in [5, 5.41) is 55.5. The van der Waals surface area contributed by atoms with Gasteiger partial charge in [-0.15, -0.1) is 0 Å². The number of nitrogens with two attached hydrogens (primary N) is 5. The van der Waals surface area contributed by atoms with E-state index in [9.17, 15) is 30.3 Å². The fourth-order valence-corrected chi connectivity index (χ4v) is 5.72. The Hall–Kier alpha value is -0.930. The molecule has 1 unspecified atom stereocenters. The summed E-state index contributed by atoms with van der Waals surface area (Å²) in [7, 11) is 0. The molecule has 2 aliphatic heterocycles. The van der Waals surface area contributed by atoms with Crippen LogP contribution in [-0.2, 0) is 23.7 Å². The zero-order valence-corrected chi connectivity index (χ0v) is 23.3. The molecule has 16 N–H and O–H groups in total. The Morgan fingerprint density at radius 2 is 1.68 bits per heavy atom. The predicted molar refractivity (Wildman–Crippen MR) is 145 cm³/mol. The number of nitrogens with one attached hydrogen (secondary N) is 1. The minimum Gasteiger partial charge on any atom is -0.394 e. The Bertz CT molecular complexity index is 800. The van der Waals surface area contributed by atoms with E-state index >= 15 is 0 Å². The van der Waals surface area contributed by atoms with Gasteiger partial charge in [-0.1, -0.05) is 0 Å². The van der Waals surface area contributed by atoms with E-state index < -0.39 is 85.7 Å². The second-order valence-corrected chi connectivity index (χ2v) is 11.2. The van der Waals surface area contributed by atoms with E-state index in [-0.39, 0.29) is 38.1 Å². The molecule has 1 aliphatic carbocycles. The standard InChI is InChI=1S/C25H50N6O10/c26-4-1-5-31-14-3-2-12(8-27)38-24(14)41-23-13(29)6-11(7-15(33)16(34)9-28)22(21(23)37)40-25-20(36)18(30)19(35)17(10-32)39-25/h11-14,16-25,31-32,34-37H,1-10,26-30H2/t11-,12-,13-,14+,16-,17+,18-,19+,20+,21+,22-,23?,24+,25+/m0/s1. The van der Waals surface area contributed by atoms with Gasteiger partial charge in [-0.05, 0) is 44.7 Å². The van der Waals surface area contributed by atoms with Crippen LogP contribution in [0.4, 0.5) is 0 Å². The lowest BCUT2D eigenvalue weighted by molar-refractivity contribution is -0.318. The molecule has 0 spiro atoms. The van der Waals surface area contributed by atoms with Crippen molar-refractivity contribution in [3.05, 3.63) is 0 Å². The lowest BCUT2D eigenvalue weighted by Crippen LogP contribution is -2.66. The number of ether oxygens (including phenoxy) is 4. The summed E-state index contributed by atoms with van der Waals surface area (Å²) in [5.74, 6) is -1.30. The van der Waals surface area contributed by atoms with Gasteiger partial charge in [0.05, 0.1) is 30.9 Å². The van der Waals surface area contributed by atoms with E-state index in [2.05, 4.69) is 5.32 Å². The van der Waals surface area contributed by atoms with Gasteiger partial charge in [0.2, 0.25) is 0 Å². The van der Waals surface area contributed by atoms with Gasteiger partial charge in [0, 0.05) is 25.6 Å². The average molecular weight is 595 g/mol. The van der Waals surface area contributed by atoms with Crippen molar-refractivity contribution >= 4 is 5.78 Å². The summed E-state index contributed by atoms with van der Waals surface area (Å²) in [6, 6.07) is -2.21. The number of rotatable bonds is 14. The molecule has 3 fully saturated rings. The highest BCUT2D eigenvalue weighted by molar-refractivity contribution is 5.83. The molecular formula is C25H50N6O10. The summed E-state index contributed by atoms with van der Waals surface area (Å²) in [6.45, 7) is 0.533. The molecule has 0 aromatic heterocycles. The lowest BCUT2D eigenvalue weighted by Gasteiger charge is -2.48. The van der Waals surface area contributed by atoms with Crippen LogP contribution in [0.2, 0.25) is 0 Å². The molecule has 14 atom stereocenters. The van der Waals surface area contributed by atoms with Crippen LogP contribution in [0.5, 0.6) is 0 Å². The van der Waals surface area contributed by atoms with Crippen molar-refractivity contribution in [3.8, 4) is 0 Å². The molecule has 2 heterocycles. The molecule has 0 aromatic carbocycles. The van der Waals surface area contributed by atoms with E-state index in [0.29, 0.717) is 25.9 Å². The molecule has 0 aromatic rings. The van der Waals surface area contributed by atoms with Gasteiger partial charge in [0.1, 0.15) is 36.6 Å². The smallest absolute Gasteiger partial charge is 0.186 e. The minimum atomic E-state index is -1.52. The third-order valence-electron chi connectivity index (χ3n) is 8.22. The molecule has 3 aliphatic rings. The molecule has 0 radical (unpaired) electrons. The molecule has 16 heteroatoms. The summed E-state index contributed by atoms with van der Waals surface area (Å²) < 4.78 is 24.0. The molecular weight excluding hydrogens is 544 g/mol. The second-order valence-electron chi connectivity index (χ2n) is 11.2. The highest BCUT2D eigenvalue weighted by Crippen LogP contribution is 2.36. The number of aliphatic hydroxyl groups is 5. The van der Waals surface area contributed by atoms with Crippen molar-refractivity contribution in [1.29, 1.82) is 0 Å². The Morgan fingerprint density at radius 1 is 0.976 bits per heavy atom. The molecule has 3 rings (SSSR count). The molecule has 41 heavy (non-hydrogen) atoms. The number of hydrogen-bond donors (Lipinski definition) is 11. The van der Waals surface area contributed by atoms with Gasteiger partial charge in [0.15, 0.2) is 18.4 Å². The van der Waals surface area contributed by atoms with Gasteiger partial charge in [-0.2, -0.15) is 0 Å². The maximum absolute atomic E-state index is 12.6. The number of carbonyl (C=O) groups is 1. The number of hydrogen-bond acceptors (Lipinski definition) is 16. The number of carbonyl (C=O) groups excluding carboxylic acids is 1. The zero-order valence-electron chi connectivity index (χ0n) is 23.3. The fourth-order valence-electron chi connectivity index (χ4n) is 5.72. The van der Waals surface area contributed by atoms with Crippen LogP contribution in [0.15, 0.2) is 0 Å². The van der Waals surface area contributed by atoms with E-state index in [1.54, 1.807) is 0 Å². The molecule has 2 saturated heterocycles. The van der Waals surface area contributed by atoms with Crippen LogP contribution < -0.4 is 34.0 Å². The summed E-state index contributed by atoms with van der Waals surface area (Å²) in [4.78, 5) is 12.6. The Kier molecular flexibility index (Phi) is 13.7. The Labute approximate surface area is 239 Å². The van der Waals surface area contributed by atoms with Crippen LogP contribution in [0.1, 0.15) is 32.1 Å². The predicted octanol–water partition coefficient (Wildman–Crippen LogP) is -5.72. The van der Waals surface area contributed by atoms with E-state index in [4.69, 9.17) is 47.6 Å². The first kappa shape index (κ1) is 34.6. The minimum absolute atomic E-state index is 0.134. The zero-order chi connectivity index (χ0) is 30.3.